The van der Waals surface area contributed by atoms with Crippen molar-refractivity contribution in [2.75, 3.05) is 13.2 Å². The number of rotatable bonds is 8. The van der Waals surface area contributed by atoms with E-state index in [-0.39, 0.29) is 13.0 Å². The van der Waals surface area contributed by atoms with E-state index in [1.807, 2.05) is 6.07 Å². The Hall–Kier alpha value is -3.14. The van der Waals surface area contributed by atoms with Gasteiger partial charge in [-0.1, -0.05) is 30.3 Å². The first kappa shape index (κ1) is 25.1. The largest absolute Gasteiger partial charge is 0.480 e. The number of carbonyl (C=O) groups excluding carboxylic acids is 3. The van der Waals surface area contributed by atoms with Crippen LogP contribution in [0.4, 0.5) is 4.79 Å². The molecule has 1 aliphatic heterocycles. The second kappa shape index (κ2) is 10.9. The van der Waals surface area contributed by atoms with Gasteiger partial charge in [-0.15, -0.1) is 0 Å². The monoisotopic (exact) mass is 449 g/mol. The molecule has 0 saturated carbocycles. The van der Waals surface area contributed by atoms with Crippen LogP contribution in [0, 0.1) is 0 Å². The van der Waals surface area contributed by atoms with Gasteiger partial charge in [0.05, 0.1) is 6.61 Å². The second-order valence-electron chi connectivity index (χ2n) is 8.66. The Kier molecular flexibility index (Phi) is 8.59. The zero-order chi connectivity index (χ0) is 23.9. The van der Waals surface area contributed by atoms with Crippen molar-refractivity contribution in [1.82, 2.24) is 15.5 Å². The molecule has 2 rings (SSSR count). The maximum Gasteiger partial charge on any atom is 0.408 e. The number of hydrogen-bond donors (Lipinski definition) is 4. The van der Waals surface area contributed by atoms with Crippen LogP contribution < -0.4 is 10.6 Å². The minimum atomic E-state index is -1.34. The Morgan fingerprint density at radius 2 is 1.78 bits per heavy atom. The van der Waals surface area contributed by atoms with E-state index in [2.05, 4.69) is 10.6 Å². The number of carboxylic acid groups (broad SMARTS) is 1. The molecular weight excluding hydrogens is 418 g/mol. The quantitative estimate of drug-likeness (QED) is 0.456. The van der Waals surface area contributed by atoms with Crippen molar-refractivity contribution in [1.29, 1.82) is 0 Å². The number of carbonyl (C=O) groups is 4. The fourth-order valence-electron chi connectivity index (χ4n) is 3.45. The minimum Gasteiger partial charge on any atom is -0.480 e. The number of hydrogen-bond acceptors (Lipinski definition) is 6. The number of aliphatic hydroxyl groups excluding tert-OH is 1. The minimum absolute atomic E-state index is 0.124. The lowest BCUT2D eigenvalue weighted by Gasteiger charge is -2.29. The van der Waals surface area contributed by atoms with Crippen molar-refractivity contribution in [3.8, 4) is 0 Å². The summed E-state index contributed by atoms with van der Waals surface area (Å²) in [5.41, 5.74) is -0.0357. The third-order valence-corrected chi connectivity index (χ3v) is 4.91. The summed E-state index contributed by atoms with van der Waals surface area (Å²) >= 11 is 0. The van der Waals surface area contributed by atoms with Gasteiger partial charge in [-0.05, 0) is 39.2 Å². The summed E-state index contributed by atoms with van der Waals surface area (Å²) in [4.78, 5) is 50.8. The van der Waals surface area contributed by atoms with E-state index >= 15 is 0 Å². The van der Waals surface area contributed by atoms with Gasteiger partial charge in [-0.25, -0.2) is 9.59 Å². The molecule has 0 bridgehead atoms. The van der Waals surface area contributed by atoms with Crippen LogP contribution in [0.5, 0.6) is 0 Å². The molecule has 1 aromatic carbocycles. The number of aliphatic hydroxyl groups is 1. The number of nitrogens with zero attached hydrogens (tertiary/aromatic N) is 1. The van der Waals surface area contributed by atoms with Gasteiger partial charge in [-0.2, -0.15) is 0 Å². The van der Waals surface area contributed by atoms with Crippen LogP contribution in [0.3, 0.4) is 0 Å². The van der Waals surface area contributed by atoms with Crippen LogP contribution in [0.15, 0.2) is 30.3 Å². The smallest absolute Gasteiger partial charge is 0.408 e. The third-order valence-electron chi connectivity index (χ3n) is 4.91. The lowest BCUT2D eigenvalue weighted by molar-refractivity contribution is -0.149. The Labute approximate surface area is 186 Å². The van der Waals surface area contributed by atoms with Gasteiger partial charge < -0.3 is 30.5 Å². The van der Waals surface area contributed by atoms with Gasteiger partial charge in [0.15, 0.2) is 0 Å². The molecule has 32 heavy (non-hydrogen) atoms. The number of amides is 3. The lowest BCUT2D eigenvalue weighted by atomic mass is 10.0. The highest BCUT2D eigenvalue weighted by atomic mass is 16.6. The molecule has 1 heterocycles. The Bertz CT molecular complexity index is 823. The van der Waals surface area contributed by atoms with Crippen LogP contribution in [0.25, 0.3) is 0 Å². The molecule has 0 aliphatic carbocycles. The van der Waals surface area contributed by atoms with Crippen LogP contribution in [-0.4, -0.2) is 75.9 Å². The van der Waals surface area contributed by atoms with Gasteiger partial charge in [0.25, 0.3) is 0 Å². The van der Waals surface area contributed by atoms with Crippen LogP contribution in [0.2, 0.25) is 0 Å². The molecule has 176 valence electrons. The average Bonchev–Trinajstić information content (AvgIpc) is 3.20. The standard InChI is InChI=1S/C22H31N3O7/c1-22(2,3)32-21(31)24-16(13-26)18(27)23-15(12-14-8-5-4-6-9-14)19(28)25-11-7-10-17(25)20(29)30/h4-6,8-9,15-17,26H,7,10-13H2,1-3H3,(H,23,27)(H,24,31)(H,29,30). The zero-order valence-corrected chi connectivity index (χ0v) is 18.5. The maximum absolute atomic E-state index is 13.2. The zero-order valence-electron chi connectivity index (χ0n) is 18.5. The molecule has 1 aromatic rings. The summed E-state index contributed by atoms with van der Waals surface area (Å²) in [7, 11) is 0. The number of aliphatic carboxylic acids is 1. The first-order valence-corrected chi connectivity index (χ1v) is 10.5. The molecule has 10 nitrogen and oxygen atoms in total. The molecule has 0 radical (unpaired) electrons. The van der Waals surface area contributed by atoms with Crippen molar-refractivity contribution in [2.45, 2.75) is 63.8 Å². The van der Waals surface area contributed by atoms with Gasteiger partial charge in [0, 0.05) is 13.0 Å². The maximum atomic E-state index is 13.2. The normalized spacial score (nSPS) is 17.9. The number of ether oxygens (including phenoxy) is 1. The number of benzene rings is 1. The average molecular weight is 450 g/mol. The van der Waals surface area contributed by atoms with Crippen LogP contribution in [0.1, 0.15) is 39.2 Å². The molecule has 1 aliphatic rings. The number of carboxylic acids is 1. The molecule has 10 heteroatoms. The van der Waals surface area contributed by atoms with Crippen molar-refractivity contribution in [3.05, 3.63) is 35.9 Å². The van der Waals surface area contributed by atoms with Crippen LogP contribution in [-0.2, 0) is 25.5 Å². The van der Waals surface area contributed by atoms with E-state index in [0.29, 0.717) is 12.8 Å². The van der Waals surface area contributed by atoms with E-state index < -0.39 is 54.2 Å². The van der Waals surface area contributed by atoms with Crippen molar-refractivity contribution in [3.63, 3.8) is 0 Å². The fourth-order valence-corrected chi connectivity index (χ4v) is 3.45. The van der Waals surface area contributed by atoms with Gasteiger partial charge in [-0.3, -0.25) is 9.59 Å². The Balaban J connectivity index is 2.17. The number of nitrogens with one attached hydrogen (secondary N) is 2. The van der Waals surface area contributed by atoms with Gasteiger partial charge in [0.2, 0.25) is 11.8 Å². The molecular formula is C22H31N3O7. The Morgan fingerprint density at radius 3 is 2.34 bits per heavy atom. The first-order chi connectivity index (χ1) is 15.0. The molecule has 3 atom stereocenters. The van der Waals surface area contributed by atoms with Crippen LogP contribution >= 0.6 is 0 Å². The van der Waals surface area contributed by atoms with Gasteiger partial charge in [0.1, 0.15) is 23.7 Å². The number of likely N-dealkylation sites (tertiary alicyclic amines) is 1. The van der Waals surface area contributed by atoms with Gasteiger partial charge >= 0.3 is 12.1 Å². The van der Waals surface area contributed by atoms with E-state index in [9.17, 15) is 29.4 Å². The summed E-state index contributed by atoms with van der Waals surface area (Å²) in [6.45, 7) is 4.54. The van der Waals surface area contributed by atoms with Crippen molar-refractivity contribution < 1.29 is 34.1 Å². The lowest BCUT2D eigenvalue weighted by Crippen LogP contribution is -2.57. The highest BCUT2D eigenvalue weighted by Gasteiger charge is 2.38. The van der Waals surface area contributed by atoms with Crippen molar-refractivity contribution in [2.24, 2.45) is 0 Å². The topological polar surface area (TPSA) is 145 Å². The Morgan fingerprint density at radius 1 is 1.12 bits per heavy atom. The summed E-state index contributed by atoms with van der Waals surface area (Å²) in [6, 6.07) is 5.59. The highest BCUT2D eigenvalue weighted by Crippen LogP contribution is 2.19. The second-order valence-corrected chi connectivity index (χ2v) is 8.66. The number of alkyl carbamates (subject to hydrolysis) is 1. The predicted octanol–water partition coefficient (Wildman–Crippen LogP) is 0.675. The van der Waals surface area contributed by atoms with E-state index in [0.717, 1.165) is 5.56 Å². The molecule has 3 amide bonds. The molecule has 0 aromatic heterocycles. The highest BCUT2D eigenvalue weighted by molar-refractivity contribution is 5.93. The summed E-state index contributed by atoms with van der Waals surface area (Å²) < 4.78 is 5.11. The molecule has 1 saturated heterocycles. The van der Waals surface area contributed by atoms with E-state index in [1.54, 1.807) is 45.0 Å². The SMILES string of the molecule is CC(C)(C)OC(=O)NC(CO)C(=O)NC(Cc1ccccc1)C(=O)N1CCCC1C(=O)O. The molecule has 4 N–H and O–H groups in total. The molecule has 3 unspecified atom stereocenters. The van der Waals surface area contributed by atoms with E-state index in [1.165, 1.54) is 4.90 Å². The summed E-state index contributed by atoms with van der Waals surface area (Å²) in [5, 5.41) is 23.9. The third kappa shape index (κ3) is 7.23. The summed E-state index contributed by atoms with van der Waals surface area (Å²) in [6.07, 6.45) is 0.127. The van der Waals surface area contributed by atoms with E-state index in [4.69, 9.17) is 4.74 Å². The van der Waals surface area contributed by atoms with Crippen molar-refractivity contribution >= 4 is 23.9 Å². The fraction of sp³-hybridized carbons (Fsp3) is 0.545. The predicted molar refractivity (Wildman–Crippen MR) is 115 cm³/mol. The molecule has 1 fully saturated rings. The summed E-state index contributed by atoms with van der Waals surface area (Å²) in [5.74, 6) is -2.40. The first-order valence-electron chi connectivity index (χ1n) is 10.5. The molecule has 0 spiro atoms.